The fourth-order valence-corrected chi connectivity index (χ4v) is 3.04. The van der Waals surface area contributed by atoms with Crippen molar-refractivity contribution in [1.29, 1.82) is 0 Å². The van der Waals surface area contributed by atoms with Gasteiger partial charge in [0.15, 0.2) is 0 Å². The van der Waals surface area contributed by atoms with Gasteiger partial charge in [0.05, 0.1) is 6.54 Å². The Labute approximate surface area is 76.2 Å². The van der Waals surface area contributed by atoms with Crippen LogP contribution in [0, 0.1) is 0 Å². The highest BCUT2D eigenvalue weighted by molar-refractivity contribution is 8.00. The number of carbonyl (C=O) groups excluding carboxylic acids is 1. The van der Waals surface area contributed by atoms with E-state index in [9.17, 15) is 4.79 Å². The minimum atomic E-state index is -0.247. The third-order valence-corrected chi connectivity index (χ3v) is 3.72. The number of carbonyl (C=O) groups is 1. The average Bonchev–Trinajstić information content (AvgIpc) is 2.63. The lowest BCUT2D eigenvalue weighted by atomic mass is 10.1. The number of ether oxygens (including phenoxy) is 1. The lowest BCUT2D eigenvalue weighted by Gasteiger charge is -2.11. The standard InChI is InChI=1S/C8H13NO2S/c10-8-9-5-6(11-8)4-7-2-1-3-12-7/h6-7H,1-5H2,(H,9,10). The Morgan fingerprint density at radius 1 is 1.67 bits per heavy atom. The number of hydrogen-bond donors (Lipinski definition) is 1. The van der Waals surface area contributed by atoms with Crippen LogP contribution in [0.15, 0.2) is 0 Å². The zero-order valence-corrected chi connectivity index (χ0v) is 7.73. The van der Waals surface area contributed by atoms with E-state index in [-0.39, 0.29) is 12.2 Å². The fraction of sp³-hybridized carbons (Fsp3) is 0.875. The van der Waals surface area contributed by atoms with Crippen molar-refractivity contribution >= 4 is 17.9 Å². The van der Waals surface area contributed by atoms with Gasteiger partial charge in [-0.25, -0.2) is 4.79 Å². The maximum atomic E-state index is 10.7. The van der Waals surface area contributed by atoms with Crippen LogP contribution in [0.5, 0.6) is 0 Å². The van der Waals surface area contributed by atoms with E-state index in [4.69, 9.17) is 4.74 Å². The van der Waals surface area contributed by atoms with Crippen LogP contribution in [0.2, 0.25) is 0 Å². The van der Waals surface area contributed by atoms with Crippen LogP contribution >= 0.6 is 11.8 Å². The highest BCUT2D eigenvalue weighted by Gasteiger charge is 2.27. The van der Waals surface area contributed by atoms with E-state index in [1.54, 1.807) is 0 Å². The maximum absolute atomic E-state index is 10.7. The third-order valence-electron chi connectivity index (χ3n) is 2.30. The minimum absolute atomic E-state index is 0.132. The van der Waals surface area contributed by atoms with E-state index in [1.165, 1.54) is 18.6 Å². The summed E-state index contributed by atoms with van der Waals surface area (Å²) in [5.74, 6) is 1.28. The molecule has 2 fully saturated rings. The SMILES string of the molecule is O=C1NCC(CC2CCCS2)O1. The van der Waals surface area contributed by atoms with Crippen molar-refractivity contribution in [2.75, 3.05) is 12.3 Å². The summed E-state index contributed by atoms with van der Waals surface area (Å²) in [6.45, 7) is 0.704. The molecule has 0 spiro atoms. The second-order valence-corrected chi connectivity index (χ2v) is 4.69. The van der Waals surface area contributed by atoms with Crippen LogP contribution < -0.4 is 5.32 Å². The molecule has 0 radical (unpaired) electrons. The van der Waals surface area contributed by atoms with Gasteiger partial charge in [-0.3, -0.25) is 0 Å². The number of amides is 1. The molecule has 0 aromatic carbocycles. The molecule has 2 saturated heterocycles. The number of nitrogens with one attached hydrogen (secondary N) is 1. The monoisotopic (exact) mass is 187 g/mol. The summed E-state index contributed by atoms with van der Waals surface area (Å²) >= 11 is 2.01. The van der Waals surface area contributed by atoms with E-state index < -0.39 is 0 Å². The molecular weight excluding hydrogens is 174 g/mol. The first-order valence-corrected chi connectivity index (χ1v) is 5.45. The number of hydrogen-bond acceptors (Lipinski definition) is 3. The summed E-state index contributed by atoms with van der Waals surface area (Å²) in [5.41, 5.74) is 0. The van der Waals surface area contributed by atoms with Gasteiger partial charge in [-0.1, -0.05) is 0 Å². The molecule has 0 bridgehead atoms. The van der Waals surface area contributed by atoms with Gasteiger partial charge in [0.1, 0.15) is 6.10 Å². The molecule has 0 aliphatic carbocycles. The zero-order chi connectivity index (χ0) is 8.39. The van der Waals surface area contributed by atoms with Gasteiger partial charge < -0.3 is 10.1 Å². The number of rotatable bonds is 2. The van der Waals surface area contributed by atoms with E-state index in [0.717, 1.165) is 11.7 Å². The molecule has 0 saturated carbocycles. The summed E-state index contributed by atoms with van der Waals surface area (Å²) in [5, 5.41) is 3.40. The van der Waals surface area contributed by atoms with Crippen LogP contribution in [0.25, 0.3) is 0 Å². The molecule has 2 aliphatic rings. The second kappa shape index (κ2) is 3.56. The van der Waals surface area contributed by atoms with Crippen LogP contribution in [-0.4, -0.2) is 29.7 Å². The zero-order valence-electron chi connectivity index (χ0n) is 6.91. The Morgan fingerprint density at radius 3 is 3.17 bits per heavy atom. The summed E-state index contributed by atoms with van der Waals surface area (Å²) in [6, 6.07) is 0. The Hall–Kier alpha value is -0.380. The Balaban J connectivity index is 1.75. The summed E-state index contributed by atoms with van der Waals surface area (Å²) in [4.78, 5) is 10.7. The maximum Gasteiger partial charge on any atom is 0.407 e. The largest absolute Gasteiger partial charge is 0.444 e. The molecule has 2 aliphatic heterocycles. The lowest BCUT2D eigenvalue weighted by Crippen LogP contribution is -2.18. The van der Waals surface area contributed by atoms with E-state index in [2.05, 4.69) is 5.32 Å². The first kappa shape index (κ1) is 8.23. The second-order valence-electron chi connectivity index (χ2n) is 3.28. The number of thioether (sulfide) groups is 1. The molecule has 1 amide bonds. The van der Waals surface area contributed by atoms with Crippen LogP contribution in [0.3, 0.4) is 0 Å². The Bertz CT molecular complexity index is 180. The normalized spacial score (nSPS) is 34.8. The molecule has 0 aromatic rings. The number of alkyl carbamates (subject to hydrolysis) is 1. The van der Waals surface area contributed by atoms with Gasteiger partial charge in [0.2, 0.25) is 0 Å². The van der Waals surface area contributed by atoms with Gasteiger partial charge in [0.25, 0.3) is 0 Å². The Kier molecular flexibility index (Phi) is 2.44. The average molecular weight is 187 g/mol. The molecular formula is C8H13NO2S. The Morgan fingerprint density at radius 2 is 2.58 bits per heavy atom. The van der Waals surface area contributed by atoms with Crippen molar-refractivity contribution in [3.05, 3.63) is 0 Å². The number of cyclic esters (lactones) is 1. The van der Waals surface area contributed by atoms with Gasteiger partial charge in [-0.15, -0.1) is 0 Å². The van der Waals surface area contributed by atoms with Crippen LogP contribution in [0.4, 0.5) is 4.79 Å². The molecule has 2 heterocycles. The molecule has 3 nitrogen and oxygen atoms in total. The molecule has 2 rings (SSSR count). The molecule has 2 atom stereocenters. The third kappa shape index (κ3) is 1.86. The van der Waals surface area contributed by atoms with Crippen LogP contribution in [-0.2, 0) is 4.74 Å². The summed E-state index contributed by atoms with van der Waals surface area (Å²) < 4.78 is 5.06. The van der Waals surface area contributed by atoms with Crippen molar-refractivity contribution in [2.24, 2.45) is 0 Å². The van der Waals surface area contributed by atoms with Gasteiger partial charge in [0, 0.05) is 5.25 Å². The topological polar surface area (TPSA) is 38.3 Å². The quantitative estimate of drug-likeness (QED) is 0.709. The predicted molar refractivity (Wildman–Crippen MR) is 48.4 cm³/mol. The molecule has 0 aromatic heterocycles. The molecule has 2 unspecified atom stereocenters. The summed E-state index contributed by atoms with van der Waals surface area (Å²) in [6.07, 6.45) is 3.53. The van der Waals surface area contributed by atoms with Gasteiger partial charge in [-0.2, -0.15) is 11.8 Å². The summed E-state index contributed by atoms with van der Waals surface area (Å²) in [7, 11) is 0. The molecule has 12 heavy (non-hydrogen) atoms. The van der Waals surface area contributed by atoms with E-state index in [0.29, 0.717) is 6.54 Å². The van der Waals surface area contributed by atoms with E-state index in [1.807, 2.05) is 11.8 Å². The predicted octanol–water partition coefficient (Wildman–Crippen LogP) is 1.38. The molecule has 68 valence electrons. The lowest BCUT2D eigenvalue weighted by molar-refractivity contribution is 0.135. The highest BCUT2D eigenvalue weighted by atomic mass is 32.2. The van der Waals surface area contributed by atoms with Crippen molar-refractivity contribution in [3.63, 3.8) is 0 Å². The fourth-order valence-electron chi connectivity index (χ4n) is 1.69. The van der Waals surface area contributed by atoms with Crippen molar-refractivity contribution < 1.29 is 9.53 Å². The molecule has 1 N–H and O–H groups in total. The van der Waals surface area contributed by atoms with E-state index >= 15 is 0 Å². The first-order valence-electron chi connectivity index (χ1n) is 4.40. The first-order chi connectivity index (χ1) is 5.84. The van der Waals surface area contributed by atoms with Crippen molar-refractivity contribution in [1.82, 2.24) is 5.32 Å². The highest BCUT2D eigenvalue weighted by Crippen LogP contribution is 2.30. The van der Waals surface area contributed by atoms with Crippen LogP contribution in [0.1, 0.15) is 19.3 Å². The minimum Gasteiger partial charge on any atom is -0.444 e. The van der Waals surface area contributed by atoms with Gasteiger partial charge >= 0.3 is 6.09 Å². The van der Waals surface area contributed by atoms with Crippen molar-refractivity contribution in [2.45, 2.75) is 30.6 Å². The molecule has 4 heteroatoms. The van der Waals surface area contributed by atoms with Crippen molar-refractivity contribution in [3.8, 4) is 0 Å². The van der Waals surface area contributed by atoms with Gasteiger partial charge in [-0.05, 0) is 25.0 Å². The smallest absolute Gasteiger partial charge is 0.407 e.